The number of aromatic nitrogens is 2. The van der Waals surface area contributed by atoms with Gasteiger partial charge in [-0.15, -0.1) is 0 Å². The molecule has 3 N–H and O–H groups in total. The molecule has 0 aliphatic carbocycles. The van der Waals surface area contributed by atoms with E-state index >= 15 is 0 Å². The van der Waals surface area contributed by atoms with Crippen molar-refractivity contribution in [2.75, 3.05) is 13.2 Å². The summed E-state index contributed by atoms with van der Waals surface area (Å²) in [6.45, 7) is 9.08. The third kappa shape index (κ3) is 6.68. The summed E-state index contributed by atoms with van der Waals surface area (Å²) in [5.41, 5.74) is 1.30. The summed E-state index contributed by atoms with van der Waals surface area (Å²) in [6, 6.07) is 7.90. The van der Waals surface area contributed by atoms with Gasteiger partial charge < -0.3 is 19.7 Å². The zero-order chi connectivity index (χ0) is 17.6. The van der Waals surface area contributed by atoms with Crippen molar-refractivity contribution in [2.45, 2.75) is 52.2 Å². The van der Waals surface area contributed by atoms with E-state index < -0.39 is 6.10 Å². The zero-order valence-electron chi connectivity index (χ0n) is 15.0. The molecule has 0 radical (unpaired) electrons. The molecule has 2 aromatic rings. The number of aliphatic hydroxyl groups excluding tert-OH is 1. The average molecular weight is 334 g/mol. The average Bonchev–Trinajstić information content (AvgIpc) is 2.95. The van der Waals surface area contributed by atoms with Crippen molar-refractivity contribution in [1.29, 1.82) is 0 Å². The second-order valence-electron chi connectivity index (χ2n) is 7.14. The van der Waals surface area contributed by atoms with Crippen LogP contribution in [0.4, 0.5) is 0 Å². The van der Waals surface area contributed by atoms with Gasteiger partial charge in [-0.3, -0.25) is 0 Å². The Labute approximate surface area is 143 Å². The zero-order valence-corrected chi connectivity index (χ0v) is 15.0. The number of aliphatic hydroxyl groups is 1. The summed E-state index contributed by atoms with van der Waals surface area (Å²) in [5.74, 6) is 2.09. The van der Waals surface area contributed by atoms with Gasteiger partial charge in [-0.1, -0.05) is 17.3 Å². The predicted molar refractivity (Wildman–Crippen MR) is 90.9 cm³/mol. The molecule has 0 amide bonds. The highest BCUT2D eigenvalue weighted by Gasteiger charge is 2.16. The molecule has 0 aliphatic rings. The molecule has 0 aliphatic heterocycles. The molecule has 0 bridgehead atoms. The maximum absolute atomic E-state index is 9.96. The number of hydrogen-bond acceptors (Lipinski definition) is 5. The van der Waals surface area contributed by atoms with Crippen LogP contribution < -0.4 is 10.1 Å². The van der Waals surface area contributed by atoms with E-state index in [-0.39, 0.29) is 5.54 Å². The molecule has 24 heavy (non-hydrogen) atoms. The highest BCUT2D eigenvalue weighted by Crippen LogP contribution is 2.14. The van der Waals surface area contributed by atoms with Crippen molar-refractivity contribution in [3.05, 3.63) is 41.5 Å². The summed E-state index contributed by atoms with van der Waals surface area (Å²) in [4.78, 5) is 4.19. The van der Waals surface area contributed by atoms with E-state index in [2.05, 4.69) is 36.2 Å². The molecular formula is C18H28N3O3+. The lowest BCUT2D eigenvalue weighted by molar-refractivity contribution is -0.722. The maximum atomic E-state index is 9.96. The molecule has 0 saturated heterocycles. The van der Waals surface area contributed by atoms with Gasteiger partial charge in [0.1, 0.15) is 25.0 Å². The molecule has 1 aromatic heterocycles. The first-order valence-corrected chi connectivity index (χ1v) is 8.35. The van der Waals surface area contributed by atoms with Crippen LogP contribution in [0.15, 0.2) is 28.8 Å². The third-order valence-corrected chi connectivity index (χ3v) is 3.57. The fourth-order valence-corrected chi connectivity index (χ4v) is 2.20. The first-order chi connectivity index (χ1) is 11.3. The van der Waals surface area contributed by atoms with Gasteiger partial charge in [-0.2, -0.15) is 4.98 Å². The topological polar surface area (TPSA) is 85.0 Å². The molecule has 1 heterocycles. The van der Waals surface area contributed by atoms with Crippen LogP contribution in [-0.4, -0.2) is 40.0 Å². The van der Waals surface area contributed by atoms with E-state index in [0.29, 0.717) is 19.0 Å². The first-order valence-electron chi connectivity index (χ1n) is 8.35. The molecule has 0 unspecified atom stereocenters. The Balaban J connectivity index is 1.73. The molecule has 2 rings (SSSR count). The van der Waals surface area contributed by atoms with Crippen LogP contribution in [0.25, 0.3) is 0 Å². The van der Waals surface area contributed by atoms with Gasteiger partial charge in [0, 0.05) is 13.3 Å². The number of benzene rings is 1. The number of nitrogens with two attached hydrogens (primary N) is 1. The second kappa shape index (κ2) is 8.26. The molecule has 6 nitrogen and oxygen atoms in total. The predicted octanol–water partition coefficient (Wildman–Crippen LogP) is 1.26. The number of aryl methyl sites for hydroxylation is 3. The lowest BCUT2D eigenvalue weighted by Gasteiger charge is -2.19. The van der Waals surface area contributed by atoms with Crippen molar-refractivity contribution in [1.82, 2.24) is 10.1 Å². The van der Waals surface area contributed by atoms with E-state index in [4.69, 9.17) is 9.26 Å². The molecule has 1 aromatic carbocycles. The van der Waals surface area contributed by atoms with Crippen molar-refractivity contribution in [2.24, 2.45) is 0 Å². The van der Waals surface area contributed by atoms with Gasteiger partial charge in [0.25, 0.3) is 0 Å². The highest BCUT2D eigenvalue weighted by atomic mass is 16.5. The molecule has 132 valence electrons. The minimum Gasteiger partial charge on any atom is -0.491 e. The lowest BCUT2D eigenvalue weighted by Crippen LogP contribution is -2.96. The minimum absolute atomic E-state index is 0.111. The Morgan fingerprint density at radius 1 is 1.21 bits per heavy atom. The molecular weight excluding hydrogens is 306 g/mol. The van der Waals surface area contributed by atoms with E-state index in [1.54, 1.807) is 6.92 Å². The molecule has 0 spiro atoms. The van der Waals surface area contributed by atoms with E-state index in [1.165, 1.54) is 5.56 Å². The van der Waals surface area contributed by atoms with Crippen LogP contribution in [-0.2, 0) is 12.8 Å². The Hall–Kier alpha value is -1.92. The maximum Gasteiger partial charge on any atom is 0.223 e. The van der Waals surface area contributed by atoms with E-state index in [0.717, 1.165) is 24.4 Å². The summed E-state index contributed by atoms with van der Waals surface area (Å²) in [7, 11) is 0. The Bertz CT molecular complexity index is 617. The van der Waals surface area contributed by atoms with E-state index in [9.17, 15) is 5.11 Å². The Morgan fingerprint density at radius 2 is 1.92 bits per heavy atom. The van der Waals surface area contributed by atoms with Crippen molar-refractivity contribution in [3.63, 3.8) is 0 Å². The van der Waals surface area contributed by atoms with Crippen LogP contribution in [0.3, 0.4) is 0 Å². The molecule has 1 atom stereocenters. The van der Waals surface area contributed by atoms with Gasteiger partial charge in [0.05, 0.1) is 5.54 Å². The van der Waals surface area contributed by atoms with Crippen molar-refractivity contribution < 1.29 is 19.7 Å². The number of hydrogen-bond donors (Lipinski definition) is 2. The van der Waals surface area contributed by atoms with Crippen LogP contribution in [0, 0.1) is 6.92 Å². The number of ether oxygens (including phenoxy) is 1. The highest BCUT2D eigenvalue weighted by molar-refractivity contribution is 5.27. The fourth-order valence-electron chi connectivity index (χ4n) is 2.20. The normalized spacial score (nSPS) is 13.0. The van der Waals surface area contributed by atoms with Gasteiger partial charge in [-0.05, 0) is 44.9 Å². The first kappa shape index (κ1) is 18.4. The molecule has 0 saturated carbocycles. The van der Waals surface area contributed by atoms with Crippen LogP contribution in [0.5, 0.6) is 5.75 Å². The summed E-state index contributed by atoms with van der Waals surface area (Å²) < 4.78 is 10.6. The quantitative estimate of drug-likeness (QED) is 0.759. The number of quaternary nitrogens is 1. The summed E-state index contributed by atoms with van der Waals surface area (Å²) in [6.07, 6.45) is 1.12. The Morgan fingerprint density at radius 3 is 2.50 bits per heavy atom. The minimum atomic E-state index is -0.481. The lowest BCUT2D eigenvalue weighted by atomic mass is 10.1. The van der Waals surface area contributed by atoms with Gasteiger partial charge in [-0.25, -0.2) is 0 Å². The van der Waals surface area contributed by atoms with Gasteiger partial charge >= 0.3 is 0 Å². The summed E-state index contributed by atoms with van der Waals surface area (Å²) >= 11 is 0. The smallest absolute Gasteiger partial charge is 0.223 e. The summed E-state index contributed by atoms with van der Waals surface area (Å²) in [5, 5.41) is 16.0. The Kier molecular flexibility index (Phi) is 6.34. The molecule has 0 fully saturated rings. The number of nitrogens with zero attached hydrogens (tertiary/aromatic N) is 2. The number of rotatable bonds is 8. The third-order valence-electron chi connectivity index (χ3n) is 3.57. The SMILES string of the molecule is Cc1nc(CCc2ccc(OC[C@H](O)C[NH2+]C(C)(C)C)cc2)no1. The second-order valence-corrected chi connectivity index (χ2v) is 7.14. The molecule has 6 heteroatoms. The monoisotopic (exact) mass is 334 g/mol. The van der Waals surface area contributed by atoms with Crippen molar-refractivity contribution >= 4 is 0 Å². The van der Waals surface area contributed by atoms with Gasteiger partial charge in [0.2, 0.25) is 5.89 Å². The van der Waals surface area contributed by atoms with Gasteiger partial charge in [0.15, 0.2) is 5.82 Å². The van der Waals surface area contributed by atoms with Crippen LogP contribution >= 0.6 is 0 Å². The fraction of sp³-hybridized carbons (Fsp3) is 0.556. The van der Waals surface area contributed by atoms with E-state index in [1.807, 2.05) is 24.3 Å². The largest absolute Gasteiger partial charge is 0.491 e. The van der Waals surface area contributed by atoms with Crippen molar-refractivity contribution in [3.8, 4) is 5.75 Å². The van der Waals surface area contributed by atoms with Crippen LogP contribution in [0.2, 0.25) is 0 Å². The standard InChI is InChI=1S/C18H27N3O3/c1-13-20-17(21-24-13)10-7-14-5-8-16(9-6-14)23-12-15(22)11-19-18(2,3)4/h5-6,8-9,15,19,22H,7,10-12H2,1-4H3/p+1/t15-/m1/s1. The van der Waals surface area contributed by atoms with Crippen LogP contribution in [0.1, 0.15) is 38.0 Å².